The van der Waals surface area contributed by atoms with Crippen molar-refractivity contribution in [3.8, 4) is 0 Å². The minimum atomic E-state index is -0.186. The van der Waals surface area contributed by atoms with Gasteiger partial charge < -0.3 is 4.74 Å². The Kier molecular flexibility index (Phi) is 7.03. The number of halogens is 4. The van der Waals surface area contributed by atoms with E-state index >= 15 is 0 Å². The fourth-order valence-corrected chi connectivity index (χ4v) is 3.15. The summed E-state index contributed by atoms with van der Waals surface area (Å²) in [5.74, 6) is 0. The molecule has 112 valence electrons. The average molecular weight is 453 g/mol. The zero-order chi connectivity index (χ0) is 15.2. The Morgan fingerprint density at radius 3 is 1.62 bits per heavy atom. The van der Waals surface area contributed by atoms with Gasteiger partial charge in [-0.3, -0.25) is 0 Å². The van der Waals surface area contributed by atoms with E-state index in [2.05, 4.69) is 31.9 Å². The van der Waals surface area contributed by atoms with Gasteiger partial charge in [0, 0.05) is 8.95 Å². The first kappa shape index (κ1) is 17.3. The molecule has 5 heteroatoms. The Balaban J connectivity index is 1.84. The second-order valence-corrected chi connectivity index (χ2v) is 7.47. The van der Waals surface area contributed by atoms with Crippen molar-refractivity contribution in [1.29, 1.82) is 0 Å². The van der Waals surface area contributed by atoms with E-state index in [9.17, 15) is 0 Å². The lowest BCUT2D eigenvalue weighted by Crippen LogP contribution is -2.07. The average Bonchev–Trinajstić information content (AvgIpc) is 2.47. The molecule has 0 fully saturated rings. The highest BCUT2D eigenvalue weighted by atomic mass is 79.9. The molecule has 2 aromatic rings. The van der Waals surface area contributed by atoms with Crippen LogP contribution in [0.25, 0.3) is 0 Å². The molecule has 0 amide bonds. The van der Waals surface area contributed by atoms with Gasteiger partial charge in [-0.1, -0.05) is 56.1 Å². The molecule has 0 bridgehead atoms. The van der Waals surface area contributed by atoms with Gasteiger partial charge in [0.1, 0.15) is 0 Å². The molecule has 0 saturated heterocycles. The third kappa shape index (κ3) is 5.57. The van der Waals surface area contributed by atoms with Crippen molar-refractivity contribution in [1.82, 2.24) is 0 Å². The number of hydrogen-bond donors (Lipinski definition) is 0. The number of ether oxygens (including phenoxy) is 1. The normalized spacial score (nSPS) is 13.9. The zero-order valence-corrected chi connectivity index (χ0v) is 15.8. The molecule has 2 rings (SSSR count). The number of alkyl halides is 2. The Morgan fingerprint density at radius 2 is 1.24 bits per heavy atom. The largest absolute Gasteiger partial charge is 0.378 e. The maximum absolute atomic E-state index is 6.34. The van der Waals surface area contributed by atoms with Crippen LogP contribution in [0.4, 0.5) is 0 Å². The fraction of sp³-hybridized carbons (Fsp3) is 0.250. The van der Waals surface area contributed by atoms with Crippen LogP contribution in [0.3, 0.4) is 0 Å². The van der Waals surface area contributed by atoms with E-state index in [1.165, 1.54) is 0 Å². The summed E-state index contributed by atoms with van der Waals surface area (Å²) >= 11 is 19.5. The molecule has 0 aliphatic rings. The molecular weight excluding hydrogens is 439 g/mol. The smallest absolute Gasteiger partial charge is 0.0819 e. The molecule has 2 unspecified atom stereocenters. The lowest BCUT2D eigenvalue weighted by atomic mass is 10.1. The van der Waals surface area contributed by atoms with E-state index in [1.807, 2.05) is 48.5 Å². The summed E-state index contributed by atoms with van der Waals surface area (Å²) in [5.41, 5.74) is 2.05. The van der Waals surface area contributed by atoms with Crippen LogP contribution in [0.15, 0.2) is 57.5 Å². The third-order valence-corrected chi connectivity index (χ3v) is 4.69. The molecule has 0 N–H and O–H groups in total. The first-order chi connectivity index (χ1) is 10.1. The predicted octanol–water partition coefficient (Wildman–Crippen LogP) is 6.49. The molecule has 2 atom stereocenters. The van der Waals surface area contributed by atoms with Gasteiger partial charge in [0.05, 0.1) is 24.0 Å². The van der Waals surface area contributed by atoms with Gasteiger partial charge in [-0.05, 0) is 35.4 Å². The predicted molar refractivity (Wildman–Crippen MR) is 96.3 cm³/mol. The fourth-order valence-electron chi connectivity index (χ4n) is 1.87. The second kappa shape index (κ2) is 8.54. The highest BCUT2D eigenvalue weighted by Crippen LogP contribution is 2.26. The Morgan fingerprint density at radius 1 is 0.810 bits per heavy atom. The minimum absolute atomic E-state index is 0.186. The lowest BCUT2D eigenvalue weighted by molar-refractivity contribution is 0.134. The standard InChI is InChI=1S/C16H14Br2Cl2O/c17-13-5-1-3-11(7-13)15(19)9-21-10-16(20)12-4-2-6-14(18)8-12/h1-8,15-16H,9-10H2. The third-order valence-electron chi connectivity index (χ3n) is 2.95. The Labute approximate surface area is 151 Å². The van der Waals surface area contributed by atoms with E-state index in [0.29, 0.717) is 13.2 Å². The maximum Gasteiger partial charge on any atom is 0.0819 e. The SMILES string of the molecule is ClC(COCC(Cl)c1cccc(Br)c1)c1cccc(Br)c1. The first-order valence-corrected chi connectivity index (χ1v) is 8.89. The van der Waals surface area contributed by atoms with Crippen molar-refractivity contribution in [2.75, 3.05) is 13.2 Å². The summed E-state index contributed by atoms with van der Waals surface area (Å²) in [6, 6.07) is 15.8. The van der Waals surface area contributed by atoms with Gasteiger partial charge in [0.15, 0.2) is 0 Å². The Hall–Kier alpha value is -0.0600. The summed E-state index contributed by atoms with van der Waals surface area (Å²) in [6.45, 7) is 0.852. The van der Waals surface area contributed by atoms with Gasteiger partial charge in [0.25, 0.3) is 0 Å². The van der Waals surface area contributed by atoms with Gasteiger partial charge in [-0.25, -0.2) is 0 Å². The molecule has 0 aliphatic heterocycles. The van der Waals surface area contributed by atoms with Crippen LogP contribution in [0, 0.1) is 0 Å². The number of benzene rings is 2. The van der Waals surface area contributed by atoms with Crippen molar-refractivity contribution in [2.45, 2.75) is 10.8 Å². The molecule has 0 aliphatic carbocycles. The van der Waals surface area contributed by atoms with Gasteiger partial charge in [0.2, 0.25) is 0 Å². The molecule has 21 heavy (non-hydrogen) atoms. The number of rotatable bonds is 6. The quantitative estimate of drug-likeness (QED) is 0.455. The molecule has 2 aromatic carbocycles. The second-order valence-electron chi connectivity index (χ2n) is 4.58. The molecule has 0 heterocycles. The van der Waals surface area contributed by atoms with E-state index in [1.54, 1.807) is 0 Å². The van der Waals surface area contributed by atoms with Gasteiger partial charge in [-0.2, -0.15) is 0 Å². The van der Waals surface area contributed by atoms with Crippen molar-refractivity contribution >= 4 is 55.1 Å². The summed E-state index contributed by atoms with van der Waals surface area (Å²) in [5, 5.41) is -0.372. The van der Waals surface area contributed by atoms with E-state index < -0.39 is 0 Å². The van der Waals surface area contributed by atoms with Crippen LogP contribution in [0.2, 0.25) is 0 Å². The first-order valence-electron chi connectivity index (χ1n) is 6.43. The monoisotopic (exact) mass is 450 g/mol. The highest BCUT2D eigenvalue weighted by molar-refractivity contribution is 9.10. The van der Waals surface area contributed by atoms with Crippen LogP contribution in [0.1, 0.15) is 21.9 Å². The minimum Gasteiger partial charge on any atom is -0.378 e. The van der Waals surface area contributed by atoms with Gasteiger partial charge in [-0.15, -0.1) is 23.2 Å². The van der Waals surface area contributed by atoms with Crippen molar-refractivity contribution < 1.29 is 4.74 Å². The maximum atomic E-state index is 6.34. The summed E-state index contributed by atoms with van der Waals surface area (Å²) in [4.78, 5) is 0. The summed E-state index contributed by atoms with van der Waals surface area (Å²) in [6.07, 6.45) is 0. The van der Waals surface area contributed by atoms with Crippen LogP contribution < -0.4 is 0 Å². The van der Waals surface area contributed by atoms with Crippen LogP contribution >= 0.6 is 55.1 Å². The van der Waals surface area contributed by atoms with Crippen molar-refractivity contribution in [2.24, 2.45) is 0 Å². The lowest BCUT2D eigenvalue weighted by Gasteiger charge is -2.14. The van der Waals surface area contributed by atoms with E-state index in [0.717, 1.165) is 20.1 Å². The summed E-state index contributed by atoms with van der Waals surface area (Å²) < 4.78 is 7.67. The molecule has 0 aromatic heterocycles. The van der Waals surface area contributed by atoms with E-state index in [-0.39, 0.29) is 10.8 Å². The van der Waals surface area contributed by atoms with Gasteiger partial charge >= 0.3 is 0 Å². The van der Waals surface area contributed by atoms with Crippen molar-refractivity contribution in [3.05, 3.63) is 68.6 Å². The molecule has 1 nitrogen and oxygen atoms in total. The van der Waals surface area contributed by atoms with Crippen LogP contribution in [0.5, 0.6) is 0 Å². The molecule has 0 spiro atoms. The summed E-state index contributed by atoms with van der Waals surface area (Å²) in [7, 11) is 0. The van der Waals surface area contributed by atoms with Crippen LogP contribution in [-0.2, 0) is 4.74 Å². The van der Waals surface area contributed by atoms with E-state index in [4.69, 9.17) is 27.9 Å². The van der Waals surface area contributed by atoms with Crippen LogP contribution in [-0.4, -0.2) is 13.2 Å². The Bertz CT molecular complexity index is 540. The highest BCUT2D eigenvalue weighted by Gasteiger charge is 2.12. The molecule has 0 saturated carbocycles. The van der Waals surface area contributed by atoms with Crippen molar-refractivity contribution in [3.63, 3.8) is 0 Å². The topological polar surface area (TPSA) is 9.23 Å². The molecule has 0 radical (unpaired) electrons. The number of hydrogen-bond acceptors (Lipinski definition) is 1. The molecular formula is C16H14Br2Cl2O. The zero-order valence-electron chi connectivity index (χ0n) is 11.1.